The Bertz CT molecular complexity index is 649. The Kier molecular flexibility index (Phi) is 3.70. The number of carbonyl (C=O) groups is 1. The van der Waals surface area contributed by atoms with Crippen LogP contribution < -0.4 is 5.32 Å². The van der Waals surface area contributed by atoms with Gasteiger partial charge in [0.15, 0.2) is 0 Å². The molecule has 2 aromatic heterocycles. The maximum atomic E-state index is 12.4. The molecule has 0 radical (unpaired) electrons. The summed E-state index contributed by atoms with van der Waals surface area (Å²) in [5.74, 6) is 1.29. The SMILES string of the molecule is Cc1cc(NC(C)C(=O)N2CCOCC2)n2ncnc2n1. The minimum absolute atomic E-state index is 0.0565. The minimum atomic E-state index is -0.350. The fourth-order valence-corrected chi connectivity index (χ4v) is 2.37. The van der Waals surface area contributed by atoms with Gasteiger partial charge >= 0.3 is 0 Å². The molecule has 0 aliphatic carbocycles. The number of carbonyl (C=O) groups excluding carboxylic acids is 1. The van der Waals surface area contributed by atoms with Gasteiger partial charge in [0.25, 0.3) is 5.78 Å². The first-order valence-corrected chi connectivity index (χ1v) is 6.95. The van der Waals surface area contributed by atoms with E-state index in [-0.39, 0.29) is 11.9 Å². The van der Waals surface area contributed by atoms with Crippen LogP contribution in [0.3, 0.4) is 0 Å². The van der Waals surface area contributed by atoms with Gasteiger partial charge in [-0.15, -0.1) is 0 Å². The molecule has 1 unspecified atom stereocenters. The third-order valence-electron chi connectivity index (χ3n) is 3.44. The Morgan fingerprint density at radius 2 is 2.19 bits per heavy atom. The Morgan fingerprint density at radius 3 is 2.95 bits per heavy atom. The zero-order chi connectivity index (χ0) is 14.8. The largest absolute Gasteiger partial charge is 0.378 e. The predicted octanol–water partition coefficient (Wildman–Crippen LogP) is 0.0919. The van der Waals surface area contributed by atoms with Gasteiger partial charge in [0, 0.05) is 24.8 Å². The lowest BCUT2D eigenvalue weighted by molar-refractivity contribution is -0.135. The Hall–Kier alpha value is -2.22. The Labute approximate surface area is 122 Å². The maximum Gasteiger partial charge on any atom is 0.254 e. The molecule has 0 aromatic carbocycles. The van der Waals surface area contributed by atoms with Crippen molar-refractivity contribution in [2.45, 2.75) is 19.9 Å². The first kappa shape index (κ1) is 13.7. The number of fused-ring (bicyclic) bond motifs is 1. The number of nitrogens with zero attached hydrogens (tertiary/aromatic N) is 5. The van der Waals surface area contributed by atoms with Crippen LogP contribution in [0.2, 0.25) is 0 Å². The standard InChI is InChI=1S/C13H18N6O2/c1-9-7-11(19-13(16-9)14-8-15-19)17-10(2)12(20)18-3-5-21-6-4-18/h7-8,10,17H,3-6H2,1-2H3. The first-order valence-electron chi connectivity index (χ1n) is 6.95. The number of amides is 1. The van der Waals surface area contributed by atoms with Crippen molar-refractivity contribution < 1.29 is 9.53 Å². The van der Waals surface area contributed by atoms with E-state index in [4.69, 9.17) is 4.74 Å². The molecule has 2 aromatic rings. The van der Waals surface area contributed by atoms with Crippen molar-refractivity contribution in [1.82, 2.24) is 24.5 Å². The monoisotopic (exact) mass is 290 g/mol. The summed E-state index contributed by atoms with van der Waals surface area (Å²) in [5, 5.41) is 7.32. The van der Waals surface area contributed by atoms with Crippen LogP contribution in [0.5, 0.6) is 0 Å². The molecule has 0 spiro atoms. The van der Waals surface area contributed by atoms with Crippen LogP contribution in [-0.4, -0.2) is 62.7 Å². The number of aromatic nitrogens is 4. The van der Waals surface area contributed by atoms with Gasteiger partial charge in [-0.1, -0.05) is 0 Å². The summed E-state index contributed by atoms with van der Waals surface area (Å²) in [7, 11) is 0. The van der Waals surface area contributed by atoms with Gasteiger partial charge in [-0.05, 0) is 13.8 Å². The van der Waals surface area contributed by atoms with Gasteiger partial charge in [0.1, 0.15) is 18.2 Å². The zero-order valence-electron chi connectivity index (χ0n) is 12.1. The molecule has 1 atom stereocenters. The molecule has 21 heavy (non-hydrogen) atoms. The second kappa shape index (κ2) is 5.65. The third kappa shape index (κ3) is 2.80. The van der Waals surface area contributed by atoms with Gasteiger partial charge < -0.3 is 15.0 Å². The third-order valence-corrected chi connectivity index (χ3v) is 3.44. The summed E-state index contributed by atoms with van der Waals surface area (Å²) in [6.45, 7) is 6.20. The average Bonchev–Trinajstić information content (AvgIpc) is 2.95. The maximum absolute atomic E-state index is 12.4. The molecule has 1 N–H and O–H groups in total. The van der Waals surface area contributed by atoms with Crippen molar-refractivity contribution in [3.8, 4) is 0 Å². The summed E-state index contributed by atoms with van der Waals surface area (Å²) in [4.78, 5) is 22.6. The van der Waals surface area contributed by atoms with Gasteiger partial charge in [-0.3, -0.25) is 4.79 Å². The first-order chi connectivity index (χ1) is 10.1. The molecule has 8 heteroatoms. The van der Waals surface area contributed by atoms with Gasteiger partial charge in [-0.25, -0.2) is 4.98 Å². The second-order valence-electron chi connectivity index (χ2n) is 5.06. The fraction of sp³-hybridized carbons (Fsp3) is 0.538. The lowest BCUT2D eigenvalue weighted by atomic mass is 10.2. The fourth-order valence-electron chi connectivity index (χ4n) is 2.37. The van der Waals surface area contributed by atoms with Crippen LogP contribution in [0.1, 0.15) is 12.6 Å². The highest BCUT2D eigenvalue weighted by molar-refractivity contribution is 5.84. The molecule has 1 fully saturated rings. The van der Waals surface area contributed by atoms with Crippen molar-refractivity contribution >= 4 is 17.5 Å². The van der Waals surface area contributed by atoms with Crippen molar-refractivity contribution in [2.24, 2.45) is 0 Å². The van der Waals surface area contributed by atoms with Gasteiger partial charge in [0.05, 0.1) is 13.2 Å². The molecule has 1 saturated heterocycles. The van der Waals surface area contributed by atoms with E-state index in [1.807, 2.05) is 24.8 Å². The topological polar surface area (TPSA) is 84.7 Å². The molecule has 1 aliphatic rings. The zero-order valence-corrected chi connectivity index (χ0v) is 12.1. The van der Waals surface area contributed by atoms with E-state index in [2.05, 4.69) is 20.4 Å². The molecule has 8 nitrogen and oxygen atoms in total. The summed E-state index contributed by atoms with van der Waals surface area (Å²) in [6, 6.07) is 1.50. The van der Waals surface area contributed by atoms with E-state index in [1.165, 1.54) is 6.33 Å². The Balaban J connectivity index is 1.77. The lowest BCUT2D eigenvalue weighted by Crippen LogP contribution is -2.47. The Morgan fingerprint density at radius 1 is 1.43 bits per heavy atom. The van der Waals surface area contributed by atoms with Crippen molar-refractivity contribution in [2.75, 3.05) is 31.6 Å². The van der Waals surface area contributed by atoms with E-state index >= 15 is 0 Å². The van der Waals surface area contributed by atoms with Crippen molar-refractivity contribution in [3.63, 3.8) is 0 Å². The van der Waals surface area contributed by atoms with Crippen LogP contribution in [0.4, 0.5) is 5.82 Å². The number of hydrogen-bond donors (Lipinski definition) is 1. The number of hydrogen-bond acceptors (Lipinski definition) is 6. The molecular weight excluding hydrogens is 272 g/mol. The second-order valence-corrected chi connectivity index (χ2v) is 5.06. The molecule has 112 valence electrons. The highest BCUT2D eigenvalue weighted by atomic mass is 16.5. The normalized spacial score (nSPS) is 17.0. The van der Waals surface area contributed by atoms with E-state index < -0.39 is 0 Å². The van der Waals surface area contributed by atoms with Gasteiger partial charge in [-0.2, -0.15) is 14.6 Å². The summed E-state index contributed by atoms with van der Waals surface area (Å²) in [6.07, 6.45) is 1.45. The molecule has 3 rings (SSSR count). The number of morpholine rings is 1. The molecule has 0 bridgehead atoms. The number of aryl methyl sites for hydroxylation is 1. The molecular formula is C13H18N6O2. The number of ether oxygens (including phenoxy) is 1. The van der Waals surface area contributed by atoms with Crippen LogP contribution in [0, 0.1) is 6.92 Å². The minimum Gasteiger partial charge on any atom is -0.378 e. The average molecular weight is 290 g/mol. The highest BCUT2D eigenvalue weighted by Crippen LogP contribution is 2.12. The van der Waals surface area contributed by atoms with Crippen LogP contribution in [0.25, 0.3) is 5.78 Å². The van der Waals surface area contributed by atoms with Crippen molar-refractivity contribution in [1.29, 1.82) is 0 Å². The summed E-state index contributed by atoms with van der Waals surface area (Å²) in [5.41, 5.74) is 0.823. The molecule has 0 saturated carbocycles. The van der Waals surface area contributed by atoms with Crippen LogP contribution >= 0.6 is 0 Å². The lowest BCUT2D eigenvalue weighted by Gasteiger charge is -2.29. The number of rotatable bonds is 3. The smallest absolute Gasteiger partial charge is 0.254 e. The molecule has 1 aliphatic heterocycles. The van der Waals surface area contributed by atoms with Crippen molar-refractivity contribution in [3.05, 3.63) is 18.1 Å². The van der Waals surface area contributed by atoms with Crippen LogP contribution in [-0.2, 0) is 9.53 Å². The van der Waals surface area contributed by atoms with E-state index in [0.717, 1.165) is 5.69 Å². The van der Waals surface area contributed by atoms with E-state index in [1.54, 1.807) is 4.52 Å². The summed E-state index contributed by atoms with van der Waals surface area (Å²) < 4.78 is 6.86. The predicted molar refractivity (Wildman–Crippen MR) is 76.0 cm³/mol. The number of nitrogens with one attached hydrogen (secondary N) is 1. The van der Waals surface area contributed by atoms with E-state index in [0.29, 0.717) is 37.9 Å². The molecule has 1 amide bonds. The van der Waals surface area contributed by atoms with Crippen LogP contribution in [0.15, 0.2) is 12.4 Å². The van der Waals surface area contributed by atoms with E-state index in [9.17, 15) is 4.79 Å². The quantitative estimate of drug-likeness (QED) is 0.862. The molecule has 3 heterocycles. The highest BCUT2D eigenvalue weighted by Gasteiger charge is 2.23. The van der Waals surface area contributed by atoms with Gasteiger partial charge in [0.2, 0.25) is 5.91 Å². The number of anilines is 1. The summed E-state index contributed by atoms with van der Waals surface area (Å²) >= 11 is 0.